The molecule has 106 valence electrons. The zero-order valence-electron chi connectivity index (χ0n) is 11.4. The minimum Gasteiger partial charge on any atom is -0.310 e. The summed E-state index contributed by atoms with van der Waals surface area (Å²) in [5, 5.41) is 4.15. The fourth-order valence-electron chi connectivity index (χ4n) is 2.52. The van der Waals surface area contributed by atoms with Gasteiger partial charge in [-0.1, -0.05) is 12.5 Å². The third kappa shape index (κ3) is 3.22. The maximum Gasteiger partial charge on any atom is 0.258 e. The standard InChI is InChI=1S/C15H19N3OS/c19-15-9-12(17-14-6-1-3-7-18(14)15)10-16-11-13-5-2-4-8-20-13/h1,3,6-7,9,13,16H,2,4-5,8,10-11H2. The Balaban J connectivity index is 1.64. The van der Waals surface area contributed by atoms with E-state index < -0.39 is 0 Å². The number of hydrogen-bond donors (Lipinski definition) is 1. The number of thioether (sulfide) groups is 1. The van der Waals surface area contributed by atoms with Gasteiger partial charge in [0.15, 0.2) is 0 Å². The molecule has 1 aliphatic heterocycles. The Hall–Kier alpha value is -1.33. The van der Waals surface area contributed by atoms with Gasteiger partial charge >= 0.3 is 0 Å². The van der Waals surface area contributed by atoms with Crippen molar-refractivity contribution >= 4 is 17.4 Å². The van der Waals surface area contributed by atoms with Crippen LogP contribution in [0.15, 0.2) is 35.3 Å². The molecule has 0 aromatic carbocycles. The monoisotopic (exact) mass is 289 g/mol. The van der Waals surface area contributed by atoms with E-state index in [0.29, 0.717) is 17.4 Å². The van der Waals surface area contributed by atoms with Crippen molar-refractivity contribution < 1.29 is 0 Å². The second-order valence-corrected chi connectivity index (χ2v) is 6.54. The topological polar surface area (TPSA) is 46.4 Å². The molecule has 1 saturated heterocycles. The van der Waals surface area contributed by atoms with Crippen LogP contribution in [0.25, 0.3) is 5.65 Å². The van der Waals surface area contributed by atoms with Crippen LogP contribution in [0.2, 0.25) is 0 Å². The molecule has 3 heterocycles. The molecule has 2 aromatic rings. The lowest BCUT2D eigenvalue weighted by atomic mass is 10.2. The van der Waals surface area contributed by atoms with Crippen LogP contribution < -0.4 is 10.9 Å². The molecule has 2 aromatic heterocycles. The Kier molecular flexibility index (Phi) is 4.38. The first-order valence-corrected chi connectivity index (χ1v) is 8.17. The van der Waals surface area contributed by atoms with E-state index in [-0.39, 0.29) is 5.56 Å². The molecule has 0 amide bonds. The van der Waals surface area contributed by atoms with Crippen LogP contribution in [0.3, 0.4) is 0 Å². The highest BCUT2D eigenvalue weighted by Gasteiger charge is 2.13. The molecule has 0 saturated carbocycles. The molecule has 4 nitrogen and oxygen atoms in total. The van der Waals surface area contributed by atoms with Crippen molar-refractivity contribution in [3.63, 3.8) is 0 Å². The van der Waals surface area contributed by atoms with Crippen LogP contribution in [-0.4, -0.2) is 26.9 Å². The van der Waals surface area contributed by atoms with E-state index in [1.165, 1.54) is 25.0 Å². The van der Waals surface area contributed by atoms with Crippen LogP contribution >= 0.6 is 11.8 Å². The van der Waals surface area contributed by atoms with Gasteiger partial charge in [0, 0.05) is 30.6 Å². The zero-order valence-corrected chi connectivity index (χ0v) is 12.2. The van der Waals surface area contributed by atoms with Crippen LogP contribution in [-0.2, 0) is 6.54 Å². The van der Waals surface area contributed by atoms with Gasteiger partial charge in [0.2, 0.25) is 0 Å². The van der Waals surface area contributed by atoms with Crippen molar-refractivity contribution in [1.82, 2.24) is 14.7 Å². The largest absolute Gasteiger partial charge is 0.310 e. The average molecular weight is 289 g/mol. The highest BCUT2D eigenvalue weighted by Crippen LogP contribution is 2.24. The van der Waals surface area contributed by atoms with Crippen LogP contribution in [0, 0.1) is 0 Å². The van der Waals surface area contributed by atoms with Gasteiger partial charge in [-0.3, -0.25) is 9.20 Å². The van der Waals surface area contributed by atoms with Crippen molar-refractivity contribution in [1.29, 1.82) is 0 Å². The lowest BCUT2D eigenvalue weighted by molar-refractivity contribution is 0.593. The van der Waals surface area contributed by atoms with Crippen molar-refractivity contribution in [3.8, 4) is 0 Å². The molecule has 3 rings (SSSR count). The summed E-state index contributed by atoms with van der Waals surface area (Å²) < 4.78 is 1.57. The molecule has 1 atom stereocenters. The molecular formula is C15H19N3OS. The second-order valence-electron chi connectivity index (χ2n) is 5.13. The van der Waals surface area contributed by atoms with Crippen molar-refractivity contribution in [2.75, 3.05) is 12.3 Å². The van der Waals surface area contributed by atoms with E-state index in [0.717, 1.165) is 12.2 Å². The molecule has 0 radical (unpaired) electrons. The quantitative estimate of drug-likeness (QED) is 0.936. The lowest BCUT2D eigenvalue weighted by Gasteiger charge is -2.21. The fraction of sp³-hybridized carbons (Fsp3) is 0.467. The molecule has 0 aliphatic carbocycles. The van der Waals surface area contributed by atoms with Gasteiger partial charge in [-0.05, 0) is 30.7 Å². The van der Waals surface area contributed by atoms with Crippen LogP contribution in [0.5, 0.6) is 0 Å². The number of fused-ring (bicyclic) bond motifs is 1. The Labute approximate surface area is 122 Å². The Morgan fingerprint density at radius 2 is 2.35 bits per heavy atom. The van der Waals surface area contributed by atoms with Gasteiger partial charge in [0.05, 0.1) is 5.69 Å². The van der Waals surface area contributed by atoms with Crippen molar-refractivity contribution in [2.24, 2.45) is 0 Å². The summed E-state index contributed by atoms with van der Waals surface area (Å²) in [7, 11) is 0. The second kappa shape index (κ2) is 6.41. The lowest BCUT2D eigenvalue weighted by Crippen LogP contribution is -2.27. The first-order valence-electron chi connectivity index (χ1n) is 7.12. The highest BCUT2D eigenvalue weighted by molar-refractivity contribution is 7.99. The number of aromatic nitrogens is 2. The first-order chi connectivity index (χ1) is 9.83. The molecule has 5 heteroatoms. The molecule has 1 fully saturated rings. The fourth-order valence-corrected chi connectivity index (χ4v) is 3.80. The van der Waals surface area contributed by atoms with Gasteiger partial charge in [0.25, 0.3) is 5.56 Å². The predicted molar refractivity (Wildman–Crippen MR) is 83.3 cm³/mol. The Morgan fingerprint density at radius 1 is 1.40 bits per heavy atom. The molecule has 1 unspecified atom stereocenters. The Bertz CT molecular complexity index is 634. The number of pyridine rings is 1. The number of rotatable bonds is 4. The van der Waals surface area contributed by atoms with E-state index in [9.17, 15) is 4.79 Å². The number of nitrogens with zero attached hydrogens (tertiary/aromatic N) is 2. The molecule has 1 N–H and O–H groups in total. The smallest absolute Gasteiger partial charge is 0.258 e. The van der Waals surface area contributed by atoms with Gasteiger partial charge in [-0.25, -0.2) is 4.98 Å². The molecular weight excluding hydrogens is 270 g/mol. The van der Waals surface area contributed by atoms with Gasteiger partial charge in [-0.2, -0.15) is 11.8 Å². The average Bonchev–Trinajstić information content (AvgIpc) is 2.48. The summed E-state index contributed by atoms with van der Waals surface area (Å²) in [5.41, 5.74) is 1.52. The summed E-state index contributed by atoms with van der Waals surface area (Å²) in [6, 6.07) is 7.22. The van der Waals surface area contributed by atoms with Gasteiger partial charge < -0.3 is 5.32 Å². The third-order valence-corrected chi connectivity index (χ3v) is 4.97. The minimum absolute atomic E-state index is 0.0144. The summed E-state index contributed by atoms with van der Waals surface area (Å²) in [4.78, 5) is 16.5. The Morgan fingerprint density at radius 3 is 3.20 bits per heavy atom. The highest BCUT2D eigenvalue weighted by atomic mass is 32.2. The molecule has 20 heavy (non-hydrogen) atoms. The summed E-state index contributed by atoms with van der Waals surface area (Å²) in [5.74, 6) is 1.28. The summed E-state index contributed by atoms with van der Waals surface area (Å²) in [6.45, 7) is 1.66. The van der Waals surface area contributed by atoms with Gasteiger partial charge in [-0.15, -0.1) is 0 Å². The van der Waals surface area contributed by atoms with E-state index in [4.69, 9.17) is 0 Å². The van der Waals surface area contributed by atoms with E-state index in [2.05, 4.69) is 22.1 Å². The molecule has 0 bridgehead atoms. The maximum absolute atomic E-state index is 12.0. The van der Waals surface area contributed by atoms with Crippen LogP contribution in [0.4, 0.5) is 0 Å². The predicted octanol–water partition coefficient (Wildman–Crippen LogP) is 2.07. The number of hydrogen-bond acceptors (Lipinski definition) is 4. The first kappa shape index (κ1) is 13.6. The zero-order chi connectivity index (χ0) is 13.8. The summed E-state index contributed by atoms with van der Waals surface area (Å²) >= 11 is 2.06. The SMILES string of the molecule is O=c1cc(CNCC2CCCCS2)nc2ccccn12. The van der Waals surface area contributed by atoms with E-state index in [1.807, 2.05) is 18.2 Å². The molecule has 1 aliphatic rings. The van der Waals surface area contributed by atoms with Crippen LogP contribution in [0.1, 0.15) is 25.0 Å². The normalized spacial score (nSPS) is 19.3. The van der Waals surface area contributed by atoms with Crippen molar-refractivity contribution in [3.05, 3.63) is 46.5 Å². The summed E-state index contributed by atoms with van der Waals surface area (Å²) in [6.07, 6.45) is 5.74. The van der Waals surface area contributed by atoms with E-state index in [1.54, 1.807) is 16.7 Å². The third-order valence-electron chi connectivity index (χ3n) is 3.58. The number of nitrogens with one attached hydrogen (secondary N) is 1. The van der Waals surface area contributed by atoms with Gasteiger partial charge in [0.1, 0.15) is 5.65 Å². The maximum atomic E-state index is 12.0. The van der Waals surface area contributed by atoms with E-state index >= 15 is 0 Å². The minimum atomic E-state index is -0.0144. The van der Waals surface area contributed by atoms with Crippen molar-refractivity contribution in [2.45, 2.75) is 31.1 Å². The molecule has 0 spiro atoms.